The molecule has 1 rings (SSSR count). The minimum Gasteiger partial charge on any atom is -0.505 e. The van der Waals surface area contributed by atoms with Gasteiger partial charge in [-0.1, -0.05) is 6.42 Å². The lowest BCUT2D eigenvalue weighted by Gasteiger charge is -2.24. The number of ketones is 1. The van der Waals surface area contributed by atoms with Crippen molar-refractivity contribution in [3.8, 4) is 0 Å². The largest absolute Gasteiger partial charge is 0.505 e. The maximum Gasteiger partial charge on any atom is 0.378 e. The lowest BCUT2D eigenvalue weighted by Crippen LogP contribution is -2.53. The van der Waals surface area contributed by atoms with Crippen LogP contribution in [0.5, 0.6) is 0 Å². The molecule has 1 aliphatic rings. The zero-order valence-corrected chi connectivity index (χ0v) is 11.3. The molecule has 1 heterocycles. The van der Waals surface area contributed by atoms with Crippen molar-refractivity contribution in [1.29, 1.82) is 0 Å². The molecule has 118 valence electrons. The van der Waals surface area contributed by atoms with E-state index in [1.165, 1.54) is 0 Å². The van der Waals surface area contributed by atoms with Crippen molar-refractivity contribution in [3.05, 3.63) is 11.5 Å². The molecule has 0 radical (unpaired) electrons. The van der Waals surface area contributed by atoms with Gasteiger partial charge in [-0.3, -0.25) is 9.59 Å². The average Bonchev–Trinajstić information content (AvgIpc) is 2.72. The third kappa shape index (κ3) is 3.92. The van der Waals surface area contributed by atoms with E-state index in [1.54, 1.807) is 0 Å². The fraction of sp³-hybridized carbons (Fsp3) is 0.583. The molecule has 3 unspecified atom stereocenters. The first-order valence-electron chi connectivity index (χ1n) is 6.46. The van der Waals surface area contributed by atoms with Crippen LogP contribution in [-0.2, 0) is 19.1 Å². The highest BCUT2D eigenvalue weighted by atomic mass is 16.6. The number of aliphatic hydroxyl groups is 2. The van der Waals surface area contributed by atoms with Gasteiger partial charge in [0.15, 0.2) is 5.76 Å². The molecule has 0 aromatic rings. The van der Waals surface area contributed by atoms with Crippen LogP contribution in [0.2, 0.25) is 0 Å². The molecule has 3 atom stereocenters. The monoisotopic (exact) mass is 301 g/mol. The molecule has 7 N–H and O–H groups in total. The molecule has 9 nitrogen and oxygen atoms in total. The number of ether oxygens (including phenoxy) is 1. The van der Waals surface area contributed by atoms with Crippen LogP contribution < -0.4 is 16.8 Å². The van der Waals surface area contributed by atoms with E-state index in [4.69, 9.17) is 11.5 Å². The number of carbonyl (C=O) groups excluding carboxylic acids is 3. The molecule has 1 aliphatic heterocycles. The van der Waals surface area contributed by atoms with Crippen molar-refractivity contribution in [1.82, 2.24) is 5.32 Å². The summed E-state index contributed by atoms with van der Waals surface area (Å²) in [4.78, 5) is 33.9. The van der Waals surface area contributed by atoms with Crippen molar-refractivity contribution in [2.45, 2.75) is 37.5 Å². The summed E-state index contributed by atoms with van der Waals surface area (Å²) in [6.07, 6.45) is 0.406. The van der Waals surface area contributed by atoms with Crippen LogP contribution in [0.1, 0.15) is 19.3 Å². The van der Waals surface area contributed by atoms with Gasteiger partial charge in [0.05, 0.1) is 0 Å². The van der Waals surface area contributed by atoms with E-state index in [1.807, 2.05) is 0 Å². The molecule has 0 aromatic heterocycles. The van der Waals surface area contributed by atoms with Crippen molar-refractivity contribution in [2.24, 2.45) is 11.5 Å². The Bertz CT molecular complexity index is 450. The first-order valence-corrected chi connectivity index (χ1v) is 6.46. The SMILES string of the molecule is NCCCCC(N)C(NC=O)C(=O)C1OC(=O)C(O)=C1O. The van der Waals surface area contributed by atoms with Gasteiger partial charge in [-0.05, 0) is 19.4 Å². The van der Waals surface area contributed by atoms with E-state index in [0.717, 1.165) is 0 Å². The first kappa shape index (κ1) is 16.9. The van der Waals surface area contributed by atoms with Crippen LogP contribution in [0, 0.1) is 0 Å². The average molecular weight is 301 g/mol. The van der Waals surface area contributed by atoms with Gasteiger partial charge in [-0.25, -0.2) is 4.79 Å². The highest BCUT2D eigenvalue weighted by Crippen LogP contribution is 2.21. The highest BCUT2D eigenvalue weighted by molar-refractivity contribution is 6.00. The van der Waals surface area contributed by atoms with Gasteiger partial charge in [0.25, 0.3) is 0 Å². The van der Waals surface area contributed by atoms with Crippen LogP contribution in [0.15, 0.2) is 11.5 Å². The minimum atomic E-state index is -1.66. The van der Waals surface area contributed by atoms with Gasteiger partial charge in [0.1, 0.15) is 6.04 Å². The minimum absolute atomic E-state index is 0.294. The van der Waals surface area contributed by atoms with E-state index >= 15 is 0 Å². The lowest BCUT2D eigenvalue weighted by molar-refractivity contribution is -0.149. The summed E-state index contributed by atoms with van der Waals surface area (Å²) in [5.74, 6) is -3.91. The van der Waals surface area contributed by atoms with Crippen LogP contribution in [-0.4, -0.2) is 53.1 Å². The molecule has 1 amide bonds. The van der Waals surface area contributed by atoms with Crippen molar-refractivity contribution >= 4 is 18.2 Å². The predicted molar refractivity (Wildman–Crippen MR) is 71.0 cm³/mol. The maximum atomic E-state index is 12.2. The third-order valence-corrected chi connectivity index (χ3v) is 3.14. The maximum absolute atomic E-state index is 12.2. The first-order chi connectivity index (χ1) is 9.93. The summed E-state index contributed by atoms with van der Waals surface area (Å²) in [6.45, 7) is 0.476. The van der Waals surface area contributed by atoms with Gasteiger partial charge in [-0.2, -0.15) is 0 Å². The Hall–Kier alpha value is -2.13. The van der Waals surface area contributed by atoms with E-state index in [-0.39, 0.29) is 0 Å². The molecular weight excluding hydrogens is 282 g/mol. The number of unbranched alkanes of at least 4 members (excludes halogenated alkanes) is 1. The molecule has 0 saturated carbocycles. The Kier molecular flexibility index (Phi) is 6.12. The molecule has 9 heteroatoms. The summed E-state index contributed by atoms with van der Waals surface area (Å²) in [6, 6.07) is -1.88. The number of carbonyl (C=O) groups is 3. The molecule has 0 spiro atoms. The van der Waals surface area contributed by atoms with E-state index in [0.29, 0.717) is 32.2 Å². The second kappa shape index (κ2) is 7.60. The summed E-state index contributed by atoms with van der Waals surface area (Å²) in [7, 11) is 0. The normalized spacial score (nSPS) is 20.9. The van der Waals surface area contributed by atoms with Gasteiger partial charge in [0, 0.05) is 6.04 Å². The smallest absolute Gasteiger partial charge is 0.378 e. The van der Waals surface area contributed by atoms with Crippen LogP contribution >= 0.6 is 0 Å². The molecular formula is C12H19N3O6. The number of nitrogens with two attached hydrogens (primary N) is 2. The predicted octanol–water partition coefficient (Wildman–Crippen LogP) is -1.62. The topological polar surface area (TPSA) is 165 Å². The van der Waals surface area contributed by atoms with Crippen molar-refractivity contribution < 1.29 is 29.3 Å². The fourth-order valence-corrected chi connectivity index (χ4v) is 1.98. The lowest BCUT2D eigenvalue weighted by atomic mass is 9.95. The molecule has 0 bridgehead atoms. The number of Topliss-reactive ketones (excluding diaryl/α,β-unsaturated/α-hetero) is 1. The van der Waals surface area contributed by atoms with Gasteiger partial charge >= 0.3 is 5.97 Å². The highest BCUT2D eigenvalue weighted by Gasteiger charge is 2.43. The second-order valence-corrected chi connectivity index (χ2v) is 4.63. The molecule has 21 heavy (non-hydrogen) atoms. The number of rotatable bonds is 9. The van der Waals surface area contributed by atoms with E-state index in [9.17, 15) is 24.6 Å². The Morgan fingerprint density at radius 3 is 2.57 bits per heavy atom. The Morgan fingerprint density at radius 1 is 1.43 bits per heavy atom. The fourth-order valence-electron chi connectivity index (χ4n) is 1.98. The summed E-state index contributed by atoms with van der Waals surface area (Å²) in [5, 5.41) is 20.9. The molecule has 0 aliphatic carbocycles. The molecule has 0 aromatic carbocycles. The Labute approximate surface area is 120 Å². The zero-order valence-electron chi connectivity index (χ0n) is 11.3. The summed E-state index contributed by atoms with van der Waals surface area (Å²) >= 11 is 0. The number of aliphatic hydroxyl groups excluding tert-OH is 2. The quantitative estimate of drug-likeness (QED) is 0.192. The standard InChI is InChI=1S/C12H19N3O6/c13-4-2-1-3-6(14)7(15-5-16)8(17)11-9(18)10(19)12(20)21-11/h5-7,11,18-19H,1-4,13-14H2,(H,15,16). The van der Waals surface area contributed by atoms with Crippen LogP contribution in [0.25, 0.3) is 0 Å². The zero-order chi connectivity index (χ0) is 16.0. The number of hydrogen-bond donors (Lipinski definition) is 5. The number of hydrogen-bond acceptors (Lipinski definition) is 8. The van der Waals surface area contributed by atoms with Gasteiger partial charge in [0.2, 0.25) is 24.1 Å². The van der Waals surface area contributed by atoms with Crippen LogP contribution in [0.4, 0.5) is 0 Å². The molecule has 0 saturated heterocycles. The Balaban J connectivity index is 2.78. The number of cyclic esters (lactones) is 1. The summed E-state index contributed by atoms with van der Waals surface area (Å²) in [5.41, 5.74) is 11.2. The van der Waals surface area contributed by atoms with E-state index in [2.05, 4.69) is 10.1 Å². The van der Waals surface area contributed by atoms with Gasteiger partial charge < -0.3 is 31.7 Å². The van der Waals surface area contributed by atoms with Crippen LogP contribution in [0.3, 0.4) is 0 Å². The number of amides is 1. The molecule has 0 fully saturated rings. The van der Waals surface area contributed by atoms with Gasteiger partial charge in [-0.15, -0.1) is 0 Å². The second-order valence-electron chi connectivity index (χ2n) is 4.63. The van der Waals surface area contributed by atoms with E-state index < -0.39 is 41.5 Å². The summed E-state index contributed by atoms with van der Waals surface area (Å²) < 4.78 is 4.56. The number of nitrogens with one attached hydrogen (secondary N) is 1. The third-order valence-electron chi connectivity index (χ3n) is 3.14. The van der Waals surface area contributed by atoms with Crippen molar-refractivity contribution in [2.75, 3.05) is 6.54 Å². The Morgan fingerprint density at radius 2 is 2.10 bits per heavy atom. The number of esters is 1. The van der Waals surface area contributed by atoms with Crippen molar-refractivity contribution in [3.63, 3.8) is 0 Å².